The molecule has 2 nitrogen and oxygen atoms in total. The van der Waals surface area contributed by atoms with Crippen molar-refractivity contribution in [1.82, 2.24) is 5.32 Å². The predicted molar refractivity (Wildman–Crippen MR) is 110 cm³/mol. The minimum Gasteiger partial charge on any atom is -0.356 e. The van der Waals surface area contributed by atoms with Gasteiger partial charge in [0.15, 0.2) is 0 Å². The van der Waals surface area contributed by atoms with Gasteiger partial charge in [0.25, 0.3) is 0 Å². The number of carbonyl (C=O) groups is 1. The number of hydrogen-bond acceptors (Lipinski definition) is 1. The standard InChI is InChI=1S/C23H33NO/c1-4-5-6-7-8-9-10-11-12-13-14-15-16-17-18-19-20-23(25)24-21-22(2)3/h6-7,10-13,16-19,22H,4-5,14-15,20-21H2,1-3H3,(H,24,25)/b7-6+,11-10-,13-12+,17-16+,19-18+. The van der Waals surface area contributed by atoms with Gasteiger partial charge in [0.2, 0.25) is 5.91 Å². The van der Waals surface area contributed by atoms with Gasteiger partial charge in [0.1, 0.15) is 0 Å². The molecule has 0 aliphatic carbocycles. The van der Waals surface area contributed by atoms with E-state index in [1.807, 2.05) is 42.5 Å². The van der Waals surface area contributed by atoms with Crippen LogP contribution in [-0.4, -0.2) is 12.5 Å². The maximum Gasteiger partial charge on any atom is 0.223 e. The Balaban J connectivity index is 3.71. The summed E-state index contributed by atoms with van der Waals surface area (Å²) in [5.41, 5.74) is 0. The Morgan fingerprint density at radius 3 is 2.20 bits per heavy atom. The van der Waals surface area contributed by atoms with E-state index < -0.39 is 0 Å². The molecule has 0 bridgehead atoms. The molecular weight excluding hydrogens is 306 g/mol. The summed E-state index contributed by atoms with van der Waals surface area (Å²) >= 11 is 0. The molecule has 25 heavy (non-hydrogen) atoms. The fraction of sp³-hybridized carbons (Fsp3) is 0.435. The molecule has 0 aliphatic heterocycles. The second-order valence-corrected chi connectivity index (χ2v) is 6.10. The molecule has 0 atom stereocenters. The number of unbranched alkanes of at least 4 members (excludes halogenated alkanes) is 2. The topological polar surface area (TPSA) is 29.1 Å². The highest BCUT2D eigenvalue weighted by molar-refractivity contribution is 5.77. The molecule has 1 amide bonds. The number of rotatable bonds is 11. The summed E-state index contributed by atoms with van der Waals surface area (Å²) in [6.45, 7) is 7.07. The first kappa shape index (κ1) is 22.7. The number of hydrogen-bond donors (Lipinski definition) is 1. The summed E-state index contributed by atoms with van der Waals surface area (Å²) in [6.07, 6.45) is 24.5. The second kappa shape index (κ2) is 18.1. The smallest absolute Gasteiger partial charge is 0.223 e. The van der Waals surface area contributed by atoms with Crippen molar-refractivity contribution in [3.8, 4) is 11.8 Å². The van der Waals surface area contributed by atoms with E-state index in [0.29, 0.717) is 12.3 Å². The van der Waals surface area contributed by atoms with E-state index in [2.05, 4.69) is 56.2 Å². The predicted octanol–water partition coefficient (Wildman–Crippen LogP) is 5.51. The first-order chi connectivity index (χ1) is 12.2. The summed E-state index contributed by atoms with van der Waals surface area (Å²) in [7, 11) is 0. The molecule has 136 valence electrons. The van der Waals surface area contributed by atoms with E-state index in [1.165, 1.54) is 0 Å². The van der Waals surface area contributed by atoms with Crippen LogP contribution in [0.2, 0.25) is 0 Å². The zero-order valence-corrected chi connectivity index (χ0v) is 16.0. The average molecular weight is 340 g/mol. The van der Waals surface area contributed by atoms with Crippen molar-refractivity contribution < 1.29 is 4.79 Å². The fourth-order valence-corrected chi connectivity index (χ4v) is 1.69. The Morgan fingerprint density at radius 1 is 0.880 bits per heavy atom. The first-order valence-electron chi connectivity index (χ1n) is 9.22. The summed E-state index contributed by atoms with van der Waals surface area (Å²) < 4.78 is 0. The SMILES string of the molecule is CCC/C=C/C#C/C=C\C=C\CC/C=C/C=C/CC(=O)NCC(C)C. The maximum atomic E-state index is 11.5. The number of carbonyl (C=O) groups excluding carboxylic acids is 1. The van der Waals surface area contributed by atoms with Crippen LogP contribution >= 0.6 is 0 Å². The van der Waals surface area contributed by atoms with E-state index in [0.717, 1.165) is 32.2 Å². The molecule has 0 fully saturated rings. The maximum absolute atomic E-state index is 11.5. The lowest BCUT2D eigenvalue weighted by atomic mass is 10.2. The van der Waals surface area contributed by atoms with E-state index >= 15 is 0 Å². The monoisotopic (exact) mass is 339 g/mol. The zero-order valence-electron chi connectivity index (χ0n) is 16.0. The third-order valence-corrected chi connectivity index (χ3v) is 3.06. The van der Waals surface area contributed by atoms with E-state index in [9.17, 15) is 4.79 Å². The van der Waals surface area contributed by atoms with Crippen molar-refractivity contribution in [1.29, 1.82) is 0 Å². The highest BCUT2D eigenvalue weighted by atomic mass is 16.1. The van der Waals surface area contributed by atoms with Crippen LogP contribution in [0.25, 0.3) is 0 Å². The van der Waals surface area contributed by atoms with E-state index in [4.69, 9.17) is 0 Å². The third kappa shape index (κ3) is 19.7. The largest absolute Gasteiger partial charge is 0.356 e. The minimum absolute atomic E-state index is 0.0806. The van der Waals surface area contributed by atoms with Crippen molar-refractivity contribution in [2.45, 2.75) is 52.9 Å². The van der Waals surface area contributed by atoms with E-state index in [-0.39, 0.29) is 5.91 Å². The van der Waals surface area contributed by atoms with Gasteiger partial charge < -0.3 is 5.32 Å². The van der Waals surface area contributed by atoms with Crippen LogP contribution in [0.1, 0.15) is 52.9 Å². The van der Waals surface area contributed by atoms with Crippen LogP contribution in [0.15, 0.2) is 60.8 Å². The van der Waals surface area contributed by atoms with Gasteiger partial charge in [-0.05, 0) is 37.3 Å². The molecule has 0 saturated carbocycles. The van der Waals surface area contributed by atoms with Crippen LogP contribution in [0.3, 0.4) is 0 Å². The molecule has 1 N–H and O–H groups in total. The van der Waals surface area contributed by atoms with Gasteiger partial charge in [0.05, 0.1) is 0 Å². The van der Waals surface area contributed by atoms with Crippen molar-refractivity contribution in [3.63, 3.8) is 0 Å². The summed E-state index contributed by atoms with van der Waals surface area (Å²) in [6, 6.07) is 0. The van der Waals surface area contributed by atoms with Crippen LogP contribution in [-0.2, 0) is 4.79 Å². The normalized spacial score (nSPS) is 12.2. The summed E-state index contributed by atoms with van der Waals surface area (Å²) in [5.74, 6) is 6.51. The molecular formula is C23H33NO. The lowest BCUT2D eigenvalue weighted by Gasteiger charge is -2.05. The molecule has 0 aromatic heterocycles. The molecule has 0 radical (unpaired) electrons. The Kier molecular flexibility index (Phi) is 16.4. The van der Waals surface area contributed by atoms with Gasteiger partial charge in [-0.15, -0.1) is 0 Å². The molecule has 2 heteroatoms. The molecule has 0 aliphatic rings. The highest BCUT2D eigenvalue weighted by Gasteiger charge is 1.98. The summed E-state index contributed by atoms with van der Waals surface area (Å²) in [4.78, 5) is 11.5. The Labute approximate surface area is 154 Å². The fourth-order valence-electron chi connectivity index (χ4n) is 1.69. The van der Waals surface area contributed by atoms with E-state index in [1.54, 1.807) is 0 Å². The van der Waals surface area contributed by atoms with Gasteiger partial charge in [0, 0.05) is 13.0 Å². The Bertz CT molecular complexity index is 536. The van der Waals surface area contributed by atoms with Crippen LogP contribution in [0, 0.1) is 17.8 Å². The van der Waals surface area contributed by atoms with Crippen molar-refractivity contribution in [2.75, 3.05) is 6.54 Å². The van der Waals surface area contributed by atoms with Crippen LogP contribution < -0.4 is 5.32 Å². The molecule has 0 saturated heterocycles. The van der Waals surface area contributed by atoms with Crippen LogP contribution in [0.4, 0.5) is 0 Å². The minimum atomic E-state index is 0.0806. The Hall–Kier alpha value is -2.27. The third-order valence-electron chi connectivity index (χ3n) is 3.06. The molecule has 0 aromatic rings. The number of allylic oxidation sites excluding steroid dienone is 9. The average Bonchev–Trinajstić information content (AvgIpc) is 2.59. The lowest BCUT2D eigenvalue weighted by Crippen LogP contribution is -2.26. The molecule has 0 spiro atoms. The van der Waals surface area contributed by atoms with Gasteiger partial charge in [-0.2, -0.15) is 0 Å². The number of nitrogens with one attached hydrogen (secondary N) is 1. The van der Waals surface area contributed by atoms with Crippen molar-refractivity contribution in [3.05, 3.63) is 60.8 Å². The molecule has 0 unspecified atom stereocenters. The zero-order chi connectivity index (χ0) is 18.6. The van der Waals surface area contributed by atoms with Crippen molar-refractivity contribution in [2.24, 2.45) is 5.92 Å². The van der Waals surface area contributed by atoms with Gasteiger partial charge in [-0.1, -0.05) is 87.6 Å². The van der Waals surface area contributed by atoms with Crippen molar-refractivity contribution >= 4 is 5.91 Å². The summed E-state index contributed by atoms with van der Waals surface area (Å²) in [5, 5.41) is 2.89. The first-order valence-corrected chi connectivity index (χ1v) is 9.22. The second-order valence-electron chi connectivity index (χ2n) is 6.10. The highest BCUT2D eigenvalue weighted by Crippen LogP contribution is 1.95. The van der Waals surface area contributed by atoms with Gasteiger partial charge >= 0.3 is 0 Å². The molecule has 0 aromatic carbocycles. The van der Waals surface area contributed by atoms with Crippen LogP contribution in [0.5, 0.6) is 0 Å². The van der Waals surface area contributed by atoms with Gasteiger partial charge in [-0.25, -0.2) is 0 Å². The molecule has 0 heterocycles. The Morgan fingerprint density at radius 2 is 1.52 bits per heavy atom. The number of amides is 1. The molecule has 0 rings (SSSR count). The van der Waals surface area contributed by atoms with Gasteiger partial charge in [-0.3, -0.25) is 4.79 Å². The lowest BCUT2D eigenvalue weighted by molar-refractivity contribution is -0.120. The quantitative estimate of drug-likeness (QED) is 0.300.